The molecule has 0 spiro atoms. The number of nitrogens with zero attached hydrogens (tertiary/aromatic N) is 3. The van der Waals surface area contributed by atoms with Crippen molar-refractivity contribution in [2.75, 3.05) is 13.6 Å². The van der Waals surface area contributed by atoms with Crippen molar-refractivity contribution in [3.63, 3.8) is 0 Å². The Labute approximate surface area is 95.7 Å². The summed E-state index contributed by atoms with van der Waals surface area (Å²) in [6.45, 7) is 1.78. The molecule has 90 valence electrons. The van der Waals surface area contributed by atoms with Gasteiger partial charge in [0.25, 0.3) is 0 Å². The van der Waals surface area contributed by atoms with E-state index >= 15 is 0 Å². The van der Waals surface area contributed by atoms with Crippen LogP contribution in [-0.4, -0.2) is 39.3 Å². The molecule has 0 radical (unpaired) electrons. The summed E-state index contributed by atoms with van der Waals surface area (Å²) in [7, 11) is 3.93. The molecule has 0 aliphatic carbocycles. The molecule has 0 bridgehead atoms. The number of hydrogen-bond donors (Lipinski definition) is 1. The van der Waals surface area contributed by atoms with Crippen LogP contribution in [0.25, 0.3) is 0 Å². The van der Waals surface area contributed by atoms with Gasteiger partial charge in [-0.3, -0.25) is 9.48 Å². The zero-order chi connectivity index (χ0) is 12.0. The predicted molar refractivity (Wildman–Crippen MR) is 61.0 cm³/mol. The number of rotatable bonds is 7. The van der Waals surface area contributed by atoms with Crippen molar-refractivity contribution < 1.29 is 9.90 Å². The molecule has 1 N–H and O–H groups in total. The minimum Gasteiger partial charge on any atom is -0.481 e. The van der Waals surface area contributed by atoms with Crippen LogP contribution >= 0.6 is 0 Å². The number of carbonyl (C=O) groups is 1. The average molecular weight is 225 g/mol. The highest BCUT2D eigenvalue weighted by atomic mass is 16.4. The molecule has 0 unspecified atom stereocenters. The molecular formula is C11H19N3O2. The van der Waals surface area contributed by atoms with Gasteiger partial charge in [-0.25, -0.2) is 0 Å². The summed E-state index contributed by atoms with van der Waals surface area (Å²) in [5.41, 5.74) is 1.18. The van der Waals surface area contributed by atoms with Gasteiger partial charge in [0.05, 0.1) is 6.20 Å². The zero-order valence-electron chi connectivity index (χ0n) is 9.89. The molecule has 0 amide bonds. The quantitative estimate of drug-likeness (QED) is 0.706. The van der Waals surface area contributed by atoms with Gasteiger partial charge in [-0.15, -0.1) is 0 Å². The van der Waals surface area contributed by atoms with Gasteiger partial charge in [0, 0.05) is 31.8 Å². The van der Waals surface area contributed by atoms with Crippen LogP contribution < -0.4 is 0 Å². The Morgan fingerprint density at radius 1 is 1.56 bits per heavy atom. The first kappa shape index (κ1) is 12.7. The summed E-state index contributed by atoms with van der Waals surface area (Å²) in [6, 6.07) is 0. The Balaban J connectivity index is 2.16. The van der Waals surface area contributed by atoms with Crippen LogP contribution in [0.1, 0.15) is 24.8 Å². The summed E-state index contributed by atoms with van der Waals surface area (Å²) in [4.78, 5) is 12.5. The first-order chi connectivity index (χ1) is 7.58. The molecule has 0 aliphatic rings. The van der Waals surface area contributed by atoms with E-state index in [4.69, 9.17) is 5.11 Å². The molecule has 5 heteroatoms. The lowest BCUT2D eigenvalue weighted by Crippen LogP contribution is -2.19. The average Bonchev–Trinajstić information content (AvgIpc) is 2.58. The fraction of sp³-hybridized carbons (Fsp3) is 0.636. The Hall–Kier alpha value is -1.36. The number of aryl methyl sites for hydroxylation is 1. The number of carboxylic acid groups (broad SMARTS) is 1. The van der Waals surface area contributed by atoms with Crippen molar-refractivity contribution in [1.29, 1.82) is 0 Å². The maximum Gasteiger partial charge on any atom is 0.303 e. The third-order valence-corrected chi connectivity index (χ3v) is 2.39. The largest absolute Gasteiger partial charge is 0.481 e. The SMILES string of the molecule is CN(CCCCC(=O)O)Cc1cnn(C)c1. The Morgan fingerprint density at radius 3 is 2.88 bits per heavy atom. The summed E-state index contributed by atoms with van der Waals surface area (Å²) < 4.78 is 1.79. The van der Waals surface area contributed by atoms with Gasteiger partial charge in [-0.05, 0) is 26.4 Å². The van der Waals surface area contributed by atoms with Crippen molar-refractivity contribution in [3.05, 3.63) is 18.0 Å². The van der Waals surface area contributed by atoms with Gasteiger partial charge in [0.1, 0.15) is 0 Å². The van der Waals surface area contributed by atoms with E-state index in [9.17, 15) is 4.79 Å². The number of aliphatic carboxylic acids is 1. The molecule has 0 atom stereocenters. The fourth-order valence-electron chi connectivity index (χ4n) is 1.60. The van der Waals surface area contributed by atoms with Crippen LogP contribution in [0.2, 0.25) is 0 Å². The first-order valence-corrected chi connectivity index (χ1v) is 5.46. The standard InChI is InChI=1S/C11H19N3O2/c1-13(6-4-3-5-11(15)16)8-10-7-12-14(2)9-10/h7,9H,3-6,8H2,1-2H3,(H,15,16). The topological polar surface area (TPSA) is 58.4 Å². The number of carboxylic acids is 1. The molecule has 0 saturated heterocycles. The van der Waals surface area contributed by atoms with E-state index in [1.54, 1.807) is 4.68 Å². The van der Waals surface area contributed by atoms with Crippen molar-refractivity contribution >= 4 is 5.97 Å². The number of hydrogen-bond acceptors (Lipinski definition) is 3. The van der Waals surface area contributed by atoms with E-state index in [1.807, 2.05) is 26.5 Å². The van der Waals surface area contributed by atoms with E-state index in [0.29, 0.717) is 0 Å². The Morgan fingerprint density at radius 2 is 2.31 bits per heavy atom. The molecule has 1 heterocycles. The zero-order valence-corrected chi connectivity index (χ0v) is 9.89. The number of aromatic nitrogens is 2. The van der Waals surface area contributed by atoms with Gasteiger partial charge in [-0.1, -0.05) is 0 Å². The van der Waals surface area contributed by atoms with Crippen LogP contribution in [0.5, 0.6) is 0 Å². The Bertz CT molecular complexity index is 336. The lowest BCUT2D eigenvalue weighted by atomic mass is 10.2. The monoisotopic (exact) mass is 225 g/mol. The maximum atomic E-state index is 10.3. The smallest absolute Gasteiger partial charge is 0.303 e. The van der Waals surface area contributed by atoms with Crippen molar-refractivity contribution in [2.45, 2.75) is 25.8 Å². The van der Waals surface area contributed by atoms with Crippen molar-refractivity contribution in [3.8, 4) is 0 Å². The van der Waals surface area contributed by atoms with E-state index in [2.05, 4.69) is 10.00 Å². The molecule has 1 aromatic rings. The highest BCUT2D eigenvalue weighted by molar-refractivity contribution is 5.66. The van der Waals surface area contributed by atoms with Gasteiger partial charge in [-0.2, -0.15) is 5.10 Å². The molecule has 0 saturated carbocycles. The van der Waals surface area contributed by atoms with Crippen LogP contribution in [0.4, 0.5) is 0 Å². The maximum absolute atomic E-state index is 10.3. The third kappa shape index (κ3) is 4.93. The highest BCUT2D eigenvalue weighted by Crippen LogP contribution is 2.03. The van der Waals surface area contributed by atoms with E-state index in [1.165, 1.54) is 5.56 Å². The van der Waals surface area contributed by atoms with Crippen LogP contribution in [0, 0.1) is 0 Å². The van der Waals surface area contributed by atoms with E-state index < -0.39 is 5.97 Å². The summed E-state index contributed by atoms with van der Waals surface area (Å²) in [6.07, 6.45) is 5.78. The van der Waals surface area contributed by atoms with Crippen LogP contribution in [0.15, 0.2) is 12.4 Å². The molecule has 1 rings (SSSR count). The molecule has 0 aliphatic heterocycles. The van der Waals surface area contributed by atoms with Crippen LogP contribution in [-0.2, 0) is 18.4 Å². The van der Waals surface area contributed by atoms with E-state index in [0.717, 1.165) is 25.9 Å². The van der Waals surface area contributed by atoms with Gasteiger partial charge in [0.2, 0.25) is 0 Å². The lowest BCUT2D eigenvalue weighted by Gasteiger charge is -2.14. The van der Waals surface area contributed by atoms with Gasteiger partial charge in [0.15, 0.2) is 0 Å². The molecule has 0 aromatic carbocycles. The normalized spacial score (nSPS) is 10.9. The van der Waals surface area contributed by atoms with Crippen molar-refractivity contribution in [1.82, 2.24) is 14.7 Å². The number of unbranched alkanes of at least 4 members (excludes halogenated alkanes) is 1. The second kappa shape index (κ2) is 6.27. The minimum atomic E-state index is -0.713. The first-order valence-electron chi connectivity index (χ1n) is 5.46. The molecule has 16 heavy (non-hydrogen) atoms. The Kier molecular flexibility index (Phi) is 4.98. The highest BCUT2D eigenvalue weighted by Gasteiger charge is 2.03. The third-order valence-electron chi connectivity index (χ3n) is 2.39. The summed E-state index contributed by atoms with van der Waals surface area (Å²) >= 11 is 0. The minimum absolute atomic E-state index is 0.265. The van der Waals surface area contributed by atoms with Gasteiger partial charge >= 0.3 is 5.97 Å². The van der Waals surface area contributed by atoms with E-state index in [-0.39, 0.29) is 6.42 Å². The molecule has 0 fully saturated rings. The van der Waals surface area contributed by atoms with Gasteiger partial charge < -0.3 is 10.0 Å². The molecule has 1 aromatic heterocycles. The summed E-state index contributed by atoms with van der Waals surface area (Å²) in [5.74, 6) is -0.713. The fourth-order valence-corrected chi connectivity index (χ4v) is 1.60. The second-order valence-corrected chi connectivity index (χ2v) is 4.11. The van der Waals surface area contributed by atoms with Crippen LogP contribution in [0.3, 0.4) is 0 Å². The predicted octanol–water partition coefficient (Wildman–Crippen LogP) is 1.11. The summed E-state index contributed by atoms with van der Waals surface area (Å²) in [5, 5.41) is 12.6. The van der Waals surface area contributed by atoms with Crippen molar-refractivity contribution in [2.24, 2.45) is 7.05 Å². The second-order valence-electron chi connectivity index (χ2n) is 4.11. The molecular weight excluding hydrogens is 206 g/mol. The molecule has 5 nitrogen and oxygen atoms in total. The lowest BCUT2D eigenvalue weighted by molar-refractivity contribution is -0.137.